The van der Waals surface area contributed by atoms with Crippen molar-refractivity contribution in [3.05, 3.63) is 54.4 Å². The normalized spacial score (nSPS) is 17.5. The van der Waals surface area contributed by atoms with Crippen LogP contribution in [0.25, 0.3) is 0 Å². The SMILES string of the molecule is COC1CN=C(NC(C)c2ccc(Oc3cccnc3)cc2)NC1.I. The first kappa shape index (κ1) is 19.5. The van der Waals surface area contributed by atoms with E-state index in [0.717, 1.165) is 29.6 Å². The van der Waals surface area contributed by atoms with E-state index in [2.05, 4.69) is 27.5 Å². The molecular formula is C18H23IN4O2. The van der Waals surface area contributed by atoms with Crippen LogP contribution in [0.15, 0.2) is 53.8 Å². The standard InChI is InChI=1S/C18H22N4O2.HI/c1-13(22-18-20-11-17(23-2)12-21-18)14-5-7-15(8-6-14)24-16-4-3-9-19-10-16;/h3-10,13,17H,11-12H2,1-2H3,(H2,20,21,22);1H. The Morgan fingerprint density at radius 3 is 2.60 bits per heavy atom. The maximum absolute atomic E-state index is 5.75. The number of rotatable bonds is 5. The molecule has 0 bridgehead atoms. The number of nitrogens with zero attached hydrogens (tertiary/aromatic N) is 2. The van der Waals surface area contributed by atoms with Crippen molar-refractivity contribution in [2.45, 2.75) is 19.1 Å². The number of hydrogen-bond donors (Lipinski definition) is 2. The quantitative estimate of drug-likeness (QED) is 0.680. The summed E-state index contributed by atoms with van der Waals surface area (Å²) < 4.78 is 11.0. The fourth-order valence-corrected chi connectivity index (χ4v) is 2.44. The lowest BCUT2D eigenvalue weighted by atomic mass is 10.1. The summed E-state index contributed by atoms with van der Waals surface area (Å²) in [5.74, 6) is 2.33. The number of nitrogens with one attached hydrogen (secondary N) is 2. The van der Waals surface area contributed by atoms with Crippen molar-refractivity contribution in [3.63, 3.8) is 0 Å². The van der Waals surface area contributed by atoms with Gasteiger partial charge < -0.3 is 20.1 Å². The van der Waals surface area contributed by atoms with Crippen LogP contribution in [0.3, 0.4) is 0 Å². The van der Waals surface area contributed by atoms with Gasteiger partial charge in [0, 0.05) is 19.9 Å². The summed E-state index contributed by atoms with van der Waals surface area (Å²) in [5.41, 5.74) is 1.16. The van der Waals surface area contributed by atoms with Gasteiger partial charge in [-0.05, 0) is 36.8 Å². The molecule has 0 saturated heterocycles. The second-order valence-corrected chi connectivity index (χ2v) is 5.65. The minimum Gasteiger partial charge on any atom is -0.456 e. The van der Waals surface area contributed by atoms with E-state index in [9.17, 15) is 0 Å². The topological polar surface area (TPSA) is 67.8 Å². The molecule has 2 N–H and O–H groups in total. The van der Waals surface area contributed by atoms with E-state index < -0.39 is 0 Å². The second-order valence-electron chi connectivity index (χ2n) is 5.65. The van der Waals surface area contributed by atoms with Crippen molar-refractivity contribution in [3.8, 4) is 11.5 Å². The molecule has 0 amide bonds. The fraction of sp³-hybridized carbons (Fsp3) is 0.333. The maximum Gasteiger partial charge on any atom is 0.191 e. The van der Waals surface area contributed by atoms with Crippen molar-refractivity contribution in [1.29, 1.82) is 0 Å². The first-order valence-corrected chi connectivity index (χ1v) is 8.00. The third kappa shape index (κ3) is 5.57. The molecule has 2 heterocycles. The van der Waals surface area contributed by atoms with Gasteiger partial charge in [-0.2, -0.15) is 0 Å². The molecule has 2 atom stereocenters. The zero-order chi connectivity index (χ0) is 16.8. The molecular weight excluding hydrogens is 431 g/mol. The van der Waals surface area contributed by atoms with Crippen LogP contribution >= 0.6 is 24.0 Å². The number of guanidine groups is 1. The average Bonchev–Trinajstić information content (AvgIpc) is 2.64. The molecule has 1 aliphatic heterocycles. The lowest BCUT2D eigenvalue weighted by molar-refractivity contribution is 0.109. The Hall–Kier alpha value is -1.87. The molecule has 6 nitrogen and oxygen atoms in total. The van der Waals surface area contributed by atoms with E-state index in [0.29, 0.717) is 6.54 Å². The number of benzene rings is 1. The number of pyridine rings is 1. The van der Waals surface area contributed by atoms with Gasteiger partial charge in [0.2, 0.25) is 0 Å². The minimum absolute atomic E-state index is 0. The van der Waals surface area contributed by atoms with Gasteiger partial charge in [-0.15, -0.1) is 24.0 Å². The average molecular weight is 454 g/mol. The molecule has 2 aromatic rings. The summed E-state index contributed by atoms with van der Waals surface area (Å²) in [5, 5.41) is 6.63. The predicted molar refractivity (Wildman–Crippen MR) is 109 cm³/mol. The molecule has 134 valence electrons. The summed E-state index contributed by atoms with van der Waals surface area (Å²) in [6, 6.07) is 11.9. The third-order valence-corrected chi connectivity index (χ3v) is 3.89. The number of aromatic nitrogens is 1. The highest BCUT2D eigenvalue weighted by Crippen LogP contribution is 2.22. The summed E-state index contributed by atoms with van der Waals surface area (Å²) in [6.45, 7) is 3.55. The van der Waals surface area contributed by atoms with Crippen molar-refractivity contribution in [1.82, 2.24) is 15.6 Å². The fourth-order valence-electron chi connectivity index (χ4n) is 2.44. The smallest absolute Gasteiger partial charge is 0.191 e. The van der Waals surface area contributed by atoms with Crippen LogP contribution in [0, 0.1) is 0 Å². The van der Waals surface area contributed by atoms with Gasteiger partial charge in [-0.1, -0.05) is 12.1 Å². The number of ether oxygens (including phenoxy) is 2. The zero-order valence-electron chi connectivity index (χ0n) is 14.3. The highest BCUT2D eigenvalue weighted by molar-refractivity contribution is 14.0. The van der Waals surface area contributed by atoms with E-state index in [1.165, 1.54) is 0 Å². The van der Waals surface area contributed by atoms with Gasteiger partial charge in [0.1, 0.15) is 11.5 Å². The predicted octanol–water partition coefficient (Wildman–Crippen LogP) is 3.12. The Morgan fingerprint density at radius 2 is 2.00 bits per heavy atom. The first-order valence-electron chi connectivity index (χ1n) is 8.00. The van der Waals surface area contributed by atoms with Crippen LogP contribution in [0.4, 0.5) is 0 Å². The molecule has 0 aliphatic carbocycles. The van der Waals surface area contributed by atoms with Crippen LogP contribution in [-0.4, -0.2) is 37.2 Å². The lowest BCUT2D eigenvalue weighted by Crippen LogP contribution is -2.47. The summed E-state index contributed by atoms with van der Waals surface area (Å²) >= 11 is 0. The largest absolute Gasteiger partial charge is 0.456 e. The van der Waals surface area contributed by atoms with Crippen LogP contribution in [0.1, 0.15) is 18.5 Å². The van der Waals surface area contributed by atoms with E-state index in [1.54, 1.807) is 19.5 Å². The Balaban J connectivity index is 0.00000225. The summed E-state index contributed by atoms with van der Waals surface area (Å²) in [7, 11) is 1.71. The monoisotopic (exact) mass is 454 g/mol. The van der Waals surface area contributed by atoms with Gasteiger partial charge in [0.05, 0.1) is 24.9 Å². The van der Waals surface area contributed by atoms with Crippen molar-refractivity contribution in [2.75, 3.05) is 20.2 Å². The van der Waals surface area contributed by atoms with Gasteiger partial charge >= 0.3 is 0 Å². The number of aliphatic imine (C=N–C) groups is 1. The number of hydrogen-bond acceptors (Lipinski definition) is 6. The van der Waals surface area contributed by atoms with Crippen molar-refractivity contribution in [2.24, 2.45) is 4.99 Å². The molecule has 0 fully saturated rings. The van der Waals surface area contributed by atoms with E-state index >= 15 is 0 Å². The zero-order valence-corrected chi connectivity index (χ0v) is 16.6. The van der Waals surface area contributed by atoms with Gasteiger partial charge in [0.25, 0.3) is 0 Å². The summed E-state index contributed by atoms with van der Waals surface area (Å²) in [6.07, 6.45) is 3.56. The third-order valence-electron chi connectivity index (χ3n) is 3.89. The van der Waals surface area contributed by atoms with E-state index in [-0.39, 0.29) is 36.1 Å². The van der Waals surface area contributed by atoms with Crippen molar-refractivity contribution >= 4 is 29.9 Å². The van der Waals surface area contributed by atoms with Crippen LogP contribution in [0.2, 0.25) is 0 Å². The molecule has 0 radical (unpaired) electrons. The lowest BCUT2D eigenvalue weighted by Gasteiger charge is -2.25. The van der Waals surface area contributed by atoms with Gasteiger partial charge in [0.15, 0.2) is 5.96 Å². The van der Waals surface area contributed by atoms with E-state index in [4.69, 9.17) is 9.47 Å². The molecule has 2 unspecified atom stereocenters. The Labute approximate surface area is 165 Å². The number of methoxy groups -OCH3 is 1. The highest BCUT2D eigenvalue weighted by Gasteiger charge is 2.15. The highest BCUT2D eigenvalue weighted by atomic mass is 127. The number of halogens is 1. The molecule has 1 aliphatic rings. The van der Waals surface area contributed by atoms with Crippen molar-refractivity contribution < 1.29 is 9.47 Å². The van der Waals surface area contributed by atoms with Crippen LogP contribution in [-0.2, 0) is 4.74 Å². The van der Waals surface area contributed by atoms with Gasteiger partial charge in [-0.25, -0.2) is 0 Å². The maximum atomic E-state index is 5.75. The minimum atomic E-state index is 0. The summed E-state index contributed by atoms with van der Waals surface area (Å²) in [4.78, 5) is 8.50. The molecule has 25 heavy (non-hydrogen) atoms. The molecule has 1 aromatic heterocycles. The molecule has 1 aromatic carbocycles. The second kappa shape index (κ2) is 9.57. The molecule has 7 heteroatoms. The first-order chi connectivity index (χ1) is 11.7. The Bertz CT molecular complexity index is 679. The molecule has 0 saturated carbocycles. The Morgan fingerprint density at radius 1 is 1.20 bits per heavy atom. The van der Waals surface area contributed by atoms with E-state index in [1.807, 2.05) is 36.4 Å². The Kier molecular flexibility index (Phi) is 7.45. The molecule has 3 rings (SSSR count). The van der Waals surface area contributed by atoms with Crippen LogP contribution < -0.4 is 15.4 Å². The molecule has 0 spiro atoms. The van der Waals surface area contributed by atoms with Crippen LogP contribution in [0.5, 0.6) is 11.5 Å². The van der Waals surface area contributed by atoms with Gasteiger partial charge in [-0.3, -0.25) is 9.98 Å².